The average Bonchev–Trinajstić information content (AvgIpc) is 2.31. The molecule has 0 aromatic carbocycles. The van der Waals surface area contributed by atoms with Crippen LogP contribution in [0.1, 0.15) is 47.0 Å². The third-order valence-corrected chi connectivity index (χ3v) is 4.13. The first-order valence-electron chi connectivity index (χ1n) is 7.10. The summed E-state index contributed by atoms with van der Waals surface area (Å²) in [6, 6.07) is 0.381. The Labute approximate surface area is 106 Å². The van der Waals surface area contributed by atoms with Crippen molar-refractivity contribution in [1.29, 1.82) is 0 Å². The lowest BCUT2D eigenvalue weighted by molar-refractivity contribution is -0.123. The highest BCUT2D eigenvalue weighted by Crippen LogP contribution is 2.28. The molecule has 0 aromatic rings. The van der Waals surface area contributed by atoms with Crippen LogP contribution in [0.4, 0.5) is 0 Å². The highest BCUT2D eigenvalue weighted by Gasteiger charge is 2.28. The normalized spacial score (nSPS) is 26.2. The Balaban J connectivity index is 2.43. The molecule has 0 saturated heterocycles. The molecule has 0 spiro atoms. The van der Waals surface area contributed by atoms with E-state index in [1.54, 1.807) is 0 Å². The second-order valence-corrected chi connectivity index (χ2v) is 5.44. The number of carbonyl (C=O) groups is 1. The molecule has 2 atom stereocenters. The van der Waals surface area contributed by atoms with Gasteiger partial charge in [0.25, 0.3) is 0 Å². The van der Waals surface area contributed by atoms with Crippen LogP contribution in [0.2, 0.25) is 0 Å². The van der Waals surface area contributed by atoms with Crippen LogP contribution in [-0.2, 0) is 4.79 Å². The van der Waals surface area contributed by atoms with Crippen LogP contribution in [-0.4, -0.2) is 36.5 Å². The van der Waals surface area contributed by atoms with Gasteiger partial charge in [-0.05, 0) is 37.8 Å². The van der Waals surface area contributed by atoms with Crippen molar-refractivity contribution in [2.45, 2.75) is 53.0 Å². The Morgan fingerprint density at radius 1 is 1.18 bits per heavy atom. The van der Waals surface area contributed by atoms with Crippen molar-refractivity contribution in [3.63, 3.8) is 0 Å². The van der Waals surface area contributed by atoms with E-state index in [1.165, 1.54) is 19.3 Å². The van der Waals surface area contributed by atoms with Gasteiger partial charge in [-0.15, -0.1) is 0 Å². The molecule has 17 heavy (non-hydrogen) atoms. The minimum absolute atomic E-state index is 0.194. The monoisotopic (exact) mass is 240 g/mol. The second kappa shape index (κ2) is 7.00. The maximum atomic E-state index is 12.0. The van der Waals surface area contributed by atoms with Gasteiger partial charge in [-0.25, -0.2) is 0 Å². The third-order valence-electron chi connectivity index (χ3n) is 4.13. The number of nitrogens with one attached hydrogen (secondary N) is 1. The average molecular weight is 240 g/mol. The number of hydrogen-bond donors (Lipinski definition) is 1. The predicted molar refractivity (Wildman–Crippen MR) is 71.9 cm³/mol. The predicted octanol–water partition coefficient (Wildman–Crippen LogP) is 2.27. The Morgan fingerprint density at radius 2 is 1.71 bits per heavy atom. The van der Waals surface area contributed by atoms with E-state index >= 15 is 0 Å². The second-order valence-electron chi connectivity index (χ2n) is 5.44. The summed E-state index contributed by atoms with van der Waals surface area (Å²) >= 11 is 0. The number of rotatable bonds is 5. The summed E-state index contributed by atoms with van der Waals surface area (Å²) in [5.41, 5.74) is 0. The van der Waals surface area contributed by atoms with Crippen molar-refractivity contribution in [2.24, 2.45) is 11.8 Å². The summed E-state index contributed by atoms with van der Waals surface area (Å²) in [6.45, 7) is 11.2. The molecule has 3 nitrogen and oxygen atoms in total. The molecule has 100 valence electrons. The summed E-state index contributed by atoms with van der Waals surface area (Å²) in [5.74, 6) is 1.44. The SMILES string of the molecule is CCN(CC)CC(=O)NC1[C@H](C)CCC[C@H]1C. The number of amides is 1. The molecule has 3 heteroatoms. The molecule has 1 amide bonds. The Hall–Kier alpha value is -0.570. The van der Waals surface area contributed by atoms with Gasteiger partial charge in [-0.2, -0.15) is 0 Å². The fourth-order valence-electron chi connectivity index (χ4n) is 2.85. The molecule has 1 saturated carbocycles. The number of likely N-dealkylation sites (N-methyl/N-ethyl adjacent to an activating group) is 1. The van der Waals surface area contributed by atoms with Crippen molar-refractivity contribution in [1.82, 2.24) is 10.2 Å². The Bertz CT molecular complexity index is 228. The summed E-state index contributed by atoms with van der Waals surface area (Å²) in [4.78, 5) is 14.1. The minimum Gasteiger partial charge on any atom is -0.352 e. The molecule has 0 aliphatic heterocycles. The number of hydrogen-bond acceptors (Lipinski definition) is 2. The van der Waals surface area contributed by atoms with Crippen molar-refractivity contribution in [3.8, 4) is 0 Å². The molecule has 1 aliphatic carbocycles. The van der Waals surface area contributed by atoms with Crippen LogP contribution in [0, 0.1) is 11.8 Å². The summed E-state index contributed by atoms with van der Waals surface area (Å²) in [7, 11) is 0. The maximum absolute atomic E-state index is 12.0. The van der Waals surface area contributed by atoms with E-state index in [2.05, 4.69) is 37.9 Å². The smallest absolute Gasteiger partial charge is 0.234 e. The first kappa shape index (κ1) is 14.5. The van der Waals surface area contributed by atoms with Gasteiger partial charge in [0.15, 0.2) is 0 Å². The number of carbonyl (C=O) groups excluding carboxylic acids is 1. The van der Waals surface area contributed by atoms with Gasteiger partial charge in [0.1, 0.15) is 0 Å². The standard InChI is InChI=1S/C14H28N2O/c1-5-16(6-2)10-13(17)15-14-11(3)8-7-9-12(14)4/h11-12,14H,5-10H2,1-4H3,(H,15,17)/t11-,12-/m1/s1. The Morgan fingerprint density at radius 3 is 2.18 bits per heavy atom. The van der Waals surface area contributed by atoms with E-state index < -0.39 is 0 Å². The minimum atomic E-state index is 0.194. The lowest BCUT2D eigenvalue weighted by Crippen LogP contribution is -2.49. The van der Waals surface area contributed by atoms with Crippen LogP contribution in [0.3, 0.4) is 0 Å². The maximum Gasteiger partial charge on any atom is 0.234 e. The molecule has 1 fully saturated rings. The summed E-state index contributed by atoms with van der Waals surface area (Å²) < 4.78 is 0. The molecule has 0 heterocycles. The van der Waals surface area contributed by atoms with E-state index in [0.29, 0.717) is 24.4 Å². The fourth-order valence-corrected chi connectivity index (χ4v) is 2.85. The largest absolute Gasteiger partial charge is 0.352 e. The van der Waals surface area contributed by atoms with E-state index in [1.807, 2.05) is 0 Å². The van der Waals surface area contributed by atoms with E-state index in [0.717, 1.165) is 13.1 Å². The van der Waals surface area contributed by atoms with Gasteiger partial charge in [-0.1, -0.05) is 34.1 Å². The quantitative estimate of drug-likeness (QED) is 0.799. The summed E-state index contributed by atoms with van der Waals surface area (Å²) in [5, 5.41) is 3.24. The van der Waals surface area contributed by atoms with Gasteiger partial charge in [0, 0.05) is 6.04 Å². The fraction of sp³-hybridized carbons (Fsp3) is 0.929. The molecule has 1 aliphatic rings. The molecule has 0 unspecified atom stereocenters. The zero-order chi connectivity index (χ0) is 12.8. The molecule has 0 radical (unpaired) electrons. The number of nitrogens with zero attached hydrogens (tertiary/aromatic N) is 1. The first-order valence-corrected chi connectivity index (χ1v) is 7.10. The van der Waals surface area contributed by atoms with Crippen LogP contribution in [0.15, 0.2) is 0 Å². The molecule has 1 rings (SSSR count). The van der Waals surface area contributed by atoms with Gasteiger partial charge in [0.05, 0.1) is 6.54 Å². The van der Waals surface area contributed by atoms with Crippen LogP contribution >= 0.6 is 0 Å². The van der Waals surface area contributed by atoms with E-state index in [-0.39, 0.29) is 5.91 Å². The summed E-state index contributed by atoms with van der Waals surface area (Å²) in [6.07, 6.45) is 3.81. The molecular formula is C14H28N2O. The van der Waals surface area contributed by atoms with Crippen molar-refractivity contribution in [2.75, 3.05) is 19.6 Å². The van der Waals surface area contributed by atoms with Gasteiger partial charge in [0.2, 0.25) is 5.91 Å². The molecule has 0 aromatic heterocycles. The molecular weight excluding hydrogens is 212 g/mol. The van der Waals surface area contributed by atoms with Gasteiger partial charge in [-0.3, -0.25) is 9.69 Å². The third kappa shape index (κ3) is 4.30. The Kier molecular flexibility index (Phi) is 5.96. The van der Waals surface area contributed by atoms with Crippen LogP contribution < -0.4 is 5.32 Å². The molecule has 1 N–H and O–H groups in total. The van der Waals surface area contributed by atoms with E-state index in [4.69, 9.17) is 0 Å². The van der Waals surface area contributed by atoms with Crippen LogP contribution in [0.5, 0.6) is 0 Å². The van der Waals surface area contributed by atoms with Crippen molar-refractivity contribution in [3.05, 3.63) is 0 Å². The highest BCUT2D eigenvalue weighted by atomic mass is 16.2. The van der Waals surface area contributed by atoms with Gasteiger partial charge < -0.3 is 5.32 Å². The topological polar surface area (TPSA) is 32.3 Å². The van der Waals surface area contributed by atoms with Crippen molar-refractivity contribution < 1.29 is 4.79 Å². The lowest BCUT2D eigenvalue weighted by atomic mass is 9.79. The lowest BCUT2D eigenvalue weighted by Gasteiger charge is -2.35. The van der Waals surface area contributed by atoms with Crippen molar-refractivity contribution >= 4 is 5.91 Å². The van der Waals surface area contributed by atoms with Crippen LogP contribution in [0.25, 0.3) is 0 Å². The first-order chi connectivity index (χ1) is 8.08. The highest BCUT2D eigenvalue weighted by molar-refractivity contribution is 5.78. The zero-order valence-electron chi connectivity index (χ0n) is 11.8. The molecule has 0 bridgehead atoms. The van der Waals surface area contributed by atoms with Gasteiger partial charge >= 0.3 is 0 Å². The van der Waals surface area contributed by atoms with E-state index in [9.17, 15) is 4.79 Å². The zero-order valence-corrected chi connectivity index (χ0v) is 11.8.